The molecule has 3 N–H and O–H groups in total. The Morgan fingerprint density at radius 2 is 2.18 bits per heavy atom. The number of nitrogen functional groups attached to an aromatic ring is 1. The SMILES string of the molecule is Br.Cc1cc(C)n(C(=N)N)n1. The van der Waals surface area contributed by atoms with E-state index in [0.29, 0.717) is 0 Å². The molecule has 0 aliphatic heterocycles. The second kappa shape index (κ2) is 3.52. The number of hydrogen-bond donors (Lipinski definition) is 2. The average molecular weight is 219 g/mol. The van der Waals surface area contributed by atoms with Crippen molar-refractivity contribution in [2.75, 3.05) is 0 Å². The van der Waals surface area contributed by atoms with E-state index in [1.54, 1.807) is 0 Å². The Kier molecular flexibility index (Phi) is 3.25. The summed E-state index contributed by atoms with van der Waals surface area (Å²) in [5, 5.41) is 11.0. The van der Waals surface area contributed by atoms with Gasteiger partial charge in [-0.1, -0.05) is 0 Å². The average Bonchev–Trinajstić information content (AvgIpc) is 2.10. The van der Waals surface area contributed by atoms with Crippen LogP contribution < -0.4 is 5.73 Å². The van der Waals surface area contributed by atoms with E-state index < -0.39 is 0 Å². The van der Waals surface area contributed by atoms with Crippen molar-refractivity contribution < 1.29 is 0 Å². The molecule has 62 valence electrons. The molecule has 1 rings (SSSR count). The van der Waals surface area contributed by atoms with Gasteiger partial charge in [-0.15, -0.1) is 17.0 Å². The smallest absolute Gasteiger partial charge is 0.213 e. The van der Waals surface area contributed by atoms with Gasteiger partial charge in [-0.2, -0.15) is 5.10 Å². The lowest BCUT2D eigenvalue weighted by molar-refractivity contribution is 0.863. The van der Waals surface area contributed by atoms with Crippen LogP contribution in [0.5, 0.6) is 0 Å². The zero-order valence-corrected chi connectivity index (χ0v) is 8.17. The fourth-order valence-electron chi connectivity index (χ4n) is 0.873. The first kappa shape index (κ1) is 10.2. The number of rotatable bonds is 0. The minimum absolute atomic E-state index is 0. The molecule has 0 aliphatic carbocycles. The van der Waals surface area contributed by atoms with Crippen LogP contribution in [0.25, 0.3) is 0 Å². The van der Waals surface area contributed by atoms with E-state index in [2.05, 4.69) is 5.10 Å². The lowest BCUT2D eigenvalue weighted by Gasteiger charge is -1.97. The van der Waals surface area contributed by atoms with Gasteiger partial charge in [0.05, 0.1) is 5.69 Å². The Labute approximate surface area is 75.7 Å². The largest absolute Gasteiger partial charge is 0.368 e. The van der Waals surface area contributed by atoms with E-state index in [1.807, 2.05) is 19.9 Å². The van der Waals surface area contributed by atoms with Gasteiger partial charge in [0.1, 0.15) is 0 Å². The van der Waals surface area contributed by atoms with Crippen LogP contribution in [0.3, 0.4) is 0 Å². The number of aryl methyl sites for hydroxylation is 2. The predicted octanol–water partition coefficient (Wildman–Crippen LogP) is 0.819. The van der Waals surface area contributed by atoms with Crippen molar-refractivity contribution in [3.8, 4) is 0 Å². The normalized spacial score (nSPS) is 8.91. The zero-order valence-electron chi connectivity index (χ0n) is 6.46. The highest BCUT2D eigenvalue weighted by Crippen LogP contribution is 1.98. The van der Waals surface area contributed by atoms with E-state index >= 15 is 0 Å². The van der Waals surface area contributed by atoms with Crippen LogP contribution in [-0.2, 0) is 0 Å². The van der Waals surface area contributed by atoms with Crippen molar-refractivity contribution in [3.63, 3.8) is 0 Å². The fourth-order valence-corrected chi connectivity index (χ4v) is 0.873. The molecule has 1 aromatic rings. The van der Waals surface area contributed by atoms with E-state index in [4.69, 9.17) is 11.1 Å². The number of halogens is 1. The first-order valence-electron chi connectivity index (χ1n) is 2.99. The molecule has 0 saturated heterocycles. The van der Waals surface area contributed by atoms with Gasteiger partial charge in [0, 0.05) is 5.69 Å². The second-order valence-corrected chi connectivity index (χ2v) is 2.22. The number of nitrogens with one attached hydrogen (secondary N) is 1. The topological polar surface area (TPSA) is 67.7 Å². The first-order chi connectivity index (χ1) is 4.61. The van der Waals surface area contributed by atoms with Crippen LogP contribution in [0.15, 0.2) is 6.07 Å². The van der Waals surface area contributed by atoms with Crippen LogP contribution in [0.4, 0.5) is 0 Å². The summed E-state index contributed by atoms with van der Waals surface area (Å²) < 4.78 is 1.40. The van der Waals surface area contributed by atoms with Crippen LogP contribution in [-0.4, -0.2) is 15.7 Å². The van der Waals surface area contributed by atoms with Gasteiger partial charge in [0.15, 0.2) is 0 Å². The summed E-state index contributed by atoms with van der Waals surface area (Å²) in [7, 11) is 0. The molecule has 0 amide bonds. The highest BCUT2D eigenvalue weighted by molar-refractivity contribution is 8.93. The Morgan fingerprint density at radius 1 is 1.64 bits per heavy atom. The van der Waals surface area contributed by atoms with E-state index in [1.165, 1.54) is 4.68 Å². The van der Waals surface area contributed by atoms with Gasteiger partial charge in [-0.3, -0.25) is 5.41 Å². The molecule has 0 fully saturated rings. The van der Waals surface area contributed by atoms with Gasteiger partial charge in [0.25, 0.3) is 0 Å². The van der Waals surface area contributed by atoms with Gasteiger partial charge in [0.2, 0.25) is 5.96 Å². The molecule has 4 nitrogen and oxygen atoms in total. The predicted molar refractivity (Wildman–Crippen MR) is 49.3 cm³/mol. The molecule has 1 heterocycles. The van der Waals surface area contributed by atoms with Crippen molar-refractivity contribution in [1.29, 1.82) is 5.41 Å². The van der Waals surface area contributed by atoms with E-state index in [0.717, 1.165) is 11.4 Å². The molecule has 0 saturated carbocycles. The maximum Gasteiger partial charge on any atom is 0.213 e. The van der Waals surface area contributed by atoms with Crippen LogP contribution in [0, 0.1) is 19.3 Å². The van der Waals surface area contributed by atoms with Crippen LogP contribution in [0.2, 0.25) is 0 Å². The minimum atomic E-state index is -0.0365. The molecule has 0 atom stereocenters. The Hall–Kier alpha value is -0.840. The number of nitrogens with two attached hydrogens (primary N) is 1. The molecule has 11 heavy (non-hydrogen) atoms. The van der Waals surface area contributed by atoms with Gasteiger partial charge >= 0.3 is 0 Å². The summed E-state index contributed by atoms with van der Waals surface area (Å²) in [6.45, 7) is 3.73. The molecule has 5 heteroatoms. The fraction of sp³-hybridized carbons (Fsp3) is 0.333. The monoisotopic (exact) mass is 218 g/mol. The van der Waals surface area contributed by atoms with Crippen molar-refractivity contribution in [3.05, 3.63) is 17.5 Å². The van der Waals surface area contributed by atoms with Crippen molar-refractivity contribution in [2.24, 2.45) is 5.73 Å². The lowest BCUT2D eigenvalue weighted by atomic mass is 10.4. The summed E-state index contributed by atoms with van der Waals surface area (Å²) in [6.07, 6.45) is 0. The minimum Gasteiger partial charge on any atom is -0.368 e. The maximum atomic E-state index is 7.07. The van der Waals surface area contributed by atoms with E-state index in [-0.39, 0.29) is 22.9 Å². The summed E-state index contributed by atoms with van der Waals surface area (Å²) in [6, 6.07) is 1.88. The molecule has 0 aromatic carbocycles. The molecule has 0 spiro atoms. The molecule has 1 aromatic heterocycles. The van der Waals surface area contributed by atoms with Crippen LogP contribution >= 0.6 is 17.0 Å². The van der Waals surface area contributed by atoms with E-state index in [9.17, 15) is 0 Å². The summed E-state index contributed by atoms with van der Waals surface area (Å²) in [4.78, 5) is 0. The van der Waals surface area contributed by atoms with Crippen molar-refractivity contribution in [1.82, 2.24) is 9.78 Å². The molecular formula is C6H11BrN4. The number of aromatic nitrogens is 2. The zero-order chi connectivity index (χ0) is 7.72. The van der Waals surface area contributed by atoms with Crippen molar-refractivity contribution in [2.45, 2.75) is 13.8 Å². The standard InChI is InChI=1S/C6H10N4.BrH/c1-4-3-5(2)10(9-4)6(7)8;/h3H,1-2H3,(H3,7,8);1H. The Balaban J connectivity index is 0.000001000. The molecule has 0 bridgehead atoms. The van der Waals surface area contributed by atoms with Gasteiger partial charge < -0.3 is 5.73 Å². The van der Waals surface area contributed by atoms with Gasteiger partial charge in [-0.25, -0.2) is 4.68 Å². The highest BCUT2D eigenvalue weighted by atomic mass is 79.9. The first-order valence-corrected chi connectivity index (χ1v) is 2.99. The maximum absolute atomic E-state index is 7.07. The van der Waals surface area contributed by atoms with Crippen LogP contribution in [0.1, 0.15) is 11.4 Å². The third kappa shape index (κ3) is 2.04. The van der Waals surface area contributed by atoms with Gasteiger partial charge in [-0.05, 0) is 19.9 Å². The number of nitrogens with zero attached hydrogens (tertiary/aromatic N) is 2. The molecule has 0 unspecified atom stereocenters. The quantitative estimate of drug-likeness (QED) is 0.501. The Morgan fingerprint density at radius 3 is 2.36 bits per heavy atom. The Bertz CT molecular complexity index is 266. The summed E-state index contributed by atoms with van der Waals surface area (Å²) in [5.41, 5.74) is 6.99. The third-order valence-corrected chi connectivity index (χ3v) is 1.24. The highest BCUT2D eigenvalue weighted by Gasteiger charge is 2.00. The summed E-state index contributed by atoms with van der Waals surface area (Å²) >= 11 is 0. The second-order valence-electron chi connectivity index (χ2n) is 2.22. The molecular weight excluding hydrogens is 208 g/mol. The third-order valence-electron chi connectivity index (χ3n) is 1.24. The summed E-state index contributed by atoms with van der Waals surface area (Å²) in [5.74, 6) is -0.0365. The van der Waals surface area contributed by atoms with Crippen molar-refractivity contribution >= 4 is 22.9 Å². The molecule has 0 aliphatic rings. The molecule has 0 radical (unpaired) electrons. The number of hydrogen-bond acceptors (Lipinski definition) is 2. The lowest BCUT2D eigenvalue weighted by Crippen LogP contribution is -2.22.